The summed E-state index contributed by atoms with van der Waals surface area (Å²) in [6.07, 6.45) is 5.84. The summed E-state index contributed by atoms with van der Waals surface area (Å²) < 4.78 is 5.20. The predicted molar refractivity (Wildman–Crippen MR) is 91.8 cm³/mol. The Hall–Kier alpha value is -2.63. The Morgan fingerprint density at radius 1 is 1.29 bits per heavy atom. The van der Waals surface area contributed by atoms with Crippen LogP contribution in [0.1, 0.15) is 30.9 Å². The van der Waals surface area contributed by atoms with Crippen LogP contribution in [-0.2, 0) is 4.79 Å². The van der Waals surface area contributed by atoms with Gasteiger partial charge in [0.15, 0.2) is 0 Å². The molecule has 0 bridgehead atoms. The monoisotopic (exact) mass is 326 g/mol. The summed E-state index contributed by atoms with van der Waals surface area (Å²) in [5.41, 5.74) is 1.17. The summed E-state index contributed by atoms with van der Waals surface area (Å²) in [5.74, 6) is 1.55. The number of anilines is 1. The molecule has 0 unspecified atom stereocenters. The van der Waals surface area contributed by atoms with Gasteiger partial charge in [0.1, 0.15) is 5.75 Å². The lowest BCUT2D eigenvalue weighted by Gasteiger charge is -2.25. The van der Waals surface area contributed by atoms with Gasteiger partial charge < -0.3 is 15.0 Å². The molecule has 3 rings (SSSR count). The van der Waals surface area contributed by atoms with Crippen molar-refractivity contribution < 1.29 is 9.53 Å². The number of carbonyl (C=O) groups is 1. The van der Waals surface area contributed by atoms with Gasteiger partial charge in [0.05, 0.1) is 13.2 Å². The molecule has 1 amide bonds. The summed E-state index contributed by atoms with van der Waals surface area (Å²) in [4.78, 5) is 22.7. The molecule has 2 aromatic rings. The quantitative estimate of drug-likeness (QED) is 0.884. The van der Waals surface area contributed by atoms with E-state index < -0.39 is 0 Å². The molecule has 0 saturated carbocycles. The fourth-order valence-electron chi connectivity index (χ4n) is 3.05. The van der Waals surface area contributed by atoms with Crippen LogP contribution in [-0.4, -0.2) is 41.0 Å². The summed E-state index contributed by atoms with van der Waals surface area (Å²) in [6, 6.07) is 9.92. The highest BCUT2D eigenvalue weighted by molar-refractivity contribution is 5.77. The van der Waals surface area contributed by atoms with E-state index in [9.17, 15) is 4.79 Å². The van der Waals surface area contributed by atoms with E-state index in [1.165, 1.54) is 5.56 Å². The first kappa shape index (κ1) is 16.2. The number of rotatable bonds is 6. The summed E-state index contributed by atoms with van der Waals surface area (Å²) >= 11 is 0. The predicted octanol–water partition coefficient (Wildman–Crippen LogP) is 2.65. The maximum atomic E-state index is 12.6. The number of likely N-dealkylation sites (tertiary alicyclic amines) is 1. The second kappa shape index (κ2) is 7.77. The third kappa shape index (κ3) is 3.82. The highest BCUT2D eigenvalue weighted by Gasteiger charge is 2.29. The number of ether oxygens (including phenoxy) is 1. The Labute approximate surface area is 141 Å². The second-order valence-electron chi connectivity index (χ2n) is 5.77. The van der Waals surface area contributed by atoms with Gasteiger partial charge in [0.2, 0.25) is 11.9 Å². The van der Waals surface area contributed by atoms with Crippen LogP contribution in [0.3, 0.4) is 0 Å². The van der Waals surface area contributed by atoms with Gasteiger partial charge in [-0.3, -0.25) is 4.79 Å². The molecule has 24 heavy (non-hydrogen) atoms. The van der Waals surface area contributed by atoms with Gasteiger partial charge in [-0.2, -0.15) is 0 Å². The van der Waals surface area contributed by atoms with Crippen LogP contribution in [0.4, 0.5) is 5.95 Å². The molecule has 1 aromatic heterocycles. The Morgan fingerprint density at radius 3 is 2.75 bits per heavy atom. The van der Waals surface area contributed by atoms with Gasteiger partial charge in [0, 0.05) is 31.9 Å². The first-order valence-electron chi connectivity index (χ1n) is 8.22. The molecule has 2 heterocycles. The number of aromatic nitrogens is 2. The number of hydrogen-bond acceptors (Lipinski definition) is 5. The smallest absolute Gasteiger partial charge is 0.224 e. The van der Waals surface area contributed by atoms with Crippen molar-refractivity contribution in [2.24, 2.45) is 0 Å². The molecular formula is C18H22N4O2. The summed E-state index contributed by atoms with van der Waals surface area (Å²) in [6.45, 7) is 1.35. The molecule has 1 N–H and O–H groups in total. The molecule has 126 valence electrons. The normalized spacial score (nSPS) is 16.9. The SMILES string of the molecule is COc1ccc([C@@H]2CCCN2C(=O)CCNc2ncccn2)cc1. The van der Waals surface area contributed by atoms with E-state index in [1.54, 1.807) is 25.6 Å². The van der Waals surface area contributed by atoms with Gasteiger partial charge in [-0.25, -0.2) is 9.97 Å². The largest absolute Gasteiger partial charge is 0.497 e. The lowest BCUT2D eigenvalue weighted by atomic mass is 10.0. The van der Waals surface area contributed by atoms with Crippen molar-refractivity contribution in [2.45, 2.75) is 25.3 Å². The lowest BCUT2D eigenvalue weighted by Crippen LogP contribution is -2.31. The van der Waals surface area contributed by atoms with E-state index in [0.717, 1.165) is 25.1 Å². The fraction of sp³-hybridized carbons (Fsp3) is 0.389. The topological polar surface area (TPSA) is 67.3 Å². The van der Waals surface area contributed by atoms with Crippen molar-refractivity contribution >= 4 is 11.9 Å². The molecule has 1 aromatic carbocycles. The highest BCUT2D eigenvalue weighted by Crippen LogP contribution is 2.33. The van der Waals surface area contributed by atoms with Crippen molar-refractivity contribution in [1.82, 2.24) is 14.9 Å². The second-order valence-corrected chi connectivity index (χ2v) is 5.77. The number of nitrogens with zero attached hydrogens (tertiary/aromatic N) is 3. The molecule has 0 aliphatic carbocycles. The van der Waals surface area contributed by atoms with Crippen molar-refractivity contribution in [3.63, 3.8) is 0 Å². The summed E-state index contributed by atoms with van der Waals surface area (Å²) in [5, 5.41) is 3.08. The van der Waals surface area contributed by atoms with Gasteiger partial charge >= 0.3 is 0 Å². The van der Waals surface area contributed by atoms with Crippen LogP contribution in [0.5, 0.6) is 5.75 Å². The third-order valence-electron chi connectivity index (χ3n) is 4.26. The van der Waals surface area contributed by atoms with Crippen molar-refractivity contribution in [2.75, 3.05) is 25.5 Å². The molecule has 1 fully saturated rings. The highest BCUT2D eigenvalue weighted by atomic mass is 16.5. The van der Waals surface area contributed by atoms with Crippen molar-refractivity contribution in [1.29, 1.82) is 0 Å². The first-order chi connectivity index (χ1) is 11.8. The molecule has 0 spiro atoms. The van der Waals surface area contributed by atoms with Crippen molar-refractivity contribution in [3.05, 3.63) is 48.3 Å². The zero-order valence-corrected chi connectivity index (χ0v) is 13.8. The van der Waals surface area contributed by atoms with Crippen molar-refractivity contribution in [3.8, 4) is 5.75 Å². The fourth-order valence-corrected chi connectivity index (χ4v) is 3.05. The maximum absolute atomic E-state index is 12.6. The zero-order chi connectivity index (χ0) is 16.8. The van der Waals surface area contributed by atoms with Gasteiger partial charge in [-0.05, 0) is 36.6 Å². The molecule has 0 radical (unpaired) electrons. The standard InChI is InChI=1S/C18H22N4O2/c1-24-15-7-5-14(6-8-15)16-4-2-13-22(16)17(23)9-12-21-18-19-10-3-11-20-18/h3,5-8,10-11,16H,2,4,9,12-13H2,1H3,(H,19,20,21)/t16-/m0/s1. The minimum absolute atomic E-state index is 0.163. The van der Waals surface area contributed by atoms with E-state index in [0.29, 0.717) is 18.9 Å². The number of benzene rings is 1. The van der Waals surface area contributed by atoms with Gasteiger partial charge in [-0.15, -0.1) is 0 Å². The Balaban J connectivity index is 1.56. The molecule has 6 nitrogen and oxygen atoms in total. The van der Waals surface area contributed by atoms with Crippen LogP contribution in [0.15, 0.2) is 42.7 Å². The number of carbonyl (C=O) groups excluding carboxylic acids is 1. The van der Waals surface area contributed by atoms with E-state index in [4.69, 9.17) is 4.74 Å². The average Bonchev–Trinajstić information content (AvgIpc) is 3.12. The van der Waals surface area contributed by atoms with Gasteiger partial charge in [-0.1, -0.05) is 12.1 Å². The van der Waals surface area contributed by atoms with Crippen LogP contribution in [0.2, 0.25) is 0 Å². The van der Waals surface area contributed by atoms with Crippen LogP contribution in [0, 0.1) is 0 Å². The average molecular weight is 326 g/mol. The van der Waals surface area contributed by atoms with Crippen LogP contribution in [0.25, 0.3) is 0 Å². The number of amides is 1. The minimum Gasteiger partial charge on any atom is -0.497 e. The molecule has 1 aliphatic rings. The zero-order valence-electron chi connectivity index (χ0n) is 13.8. The first-order valence-corrected chi connectivity index (χ1v) is 8.22. The van der Waals surface area contributed by atoms with E-state index >= 15 is 0 Å². The molecular weight excluding hydrogens is 304 g/mol. The Morgan fingerprint density at radius 2 is 2.04 bits per heavy atom. The van der Waals surface area contributed by atoms with Gasteiger partial charge in [0.25, 0.3) is 0 Å². The Kier molecular flexibility index (Phi) is 5.25. The number of hydrogen-bond donors (Lipinski definition) is 1. The molecule has 1 atom stereocenters. The van der Waals surface area contributed by atoms with E-state index in [-0.39, 0.29) is 11.9 Å². The number of methoxy groups -OCH3 is 1. The minimum atomic E-state index is 0.163. The molecule has 1 aliphatic heterocycles. The molecule has 6 heteroatoms. The van der Waals surface area contributed by atoms with E-state index in [1.807, 2.05) is 29.2 Å². The number of nitrogens with one attached hydrogen (secondary N) is 1. The molecule has 1 saturated heterocycles. The Bertz CT molecular complexity index is 660. The maximum Gasteiger partial charge on any atom is 0.224 e. The van der Waals surface area contributed by atoms with Crippen LogP contribution < -0.4 is 10.1 Å². The van der Waals surface area contributed by atoms with Crippen LogP contribution >= 0.6 is 0 Å². The lowest BCUT2D eigenvalue weighted by molar-refractivity contribution is -0.131. The van der Waals surface area contributed by atoms with E-state index in [2.05, 4.69) is 15.3 Å². The third-order valence-corrected chi connectivity index (χ3v) is 4.26. The summed E-state index contributed by atoms with van der Waals surface area (Å²) in [7, 11) is 1.66.